The standard InChI is InChI=1S/C17H22N2S/c18-15-10-8-13(9-11-15)16-12-20-17(19-16)14-6-4-2-1-3-5-7-14/h8-12,14H,1-7,18H2. The highest BCUT2D eigenvalue weighted by atomic mass is 32.1. The largest absolute Gasteiger partial charge is 0.399 e. The van der Waals surface area contributed by atoms with Gasteiger partial charge in [0, 0.05) is 22.5 Å². The zero-order valence-electron chi connectivity index (χ0n) is 11.8. The van der Waals surface area contributed by atoms with Crippen LogP contribution in [0.5, 0.6) is 0 Å². The molecule has 0 spiro atoms. The highest BCUT2D eigenvalue weighted by molar-refractivity contribution is 7.10. The number of nitrogen functional groups attached to an aromatic ring is 1. The zero-order chi connectivity index (χ0) is 13.8. The fourth-order valence-corrected chi connectivity index (χ4v) is 3.97. The smallest absolute Gasteiger partial charge is 0.0963 e. The summed E-state index contributed by atoms with van der Waals surface area (Å²) in [6.45, 7) is 0. The average Bonchev–Trinajstić information content (AvgIpc) is 2.89. The summed E-state index contributed by atoms with van der Waals surface area (Å²) in [5.74, 6) is 0.683. The van der Waals surface area contributed by atoms with Gasteiger partial charge in [-0.3, -0.25) is 0 Å². The SMILES string of the molecule is Nc1ccc(-c2csc(C3CCCCCCC3)n2)cc1. The fraction of sp³-hybridized carbons (Fsp3) is 0.471. The van der Waals surface area contributed by atoms with E-state index in [1.807, 2.05) is 23.5 Å². The van der Waals surface area contributed by atoms with Crippen molar-refractivity contribution in [1.29, 1.82) is 0 Å². The van der Waals surface area contributed by atoms with E-state index in [-0.39, 0.29) is 0 Å². The zero-order valence-corrected chi connectivity index (χ0v) is 12.7. The lowest BCUT2D eigenvalue weighted by Gasteiger charge is -2.17. The van der Waals surface area contributed by atoms with Crippen molar-refractivity contribution < 1.29 is 0 Å². The van der Waals surface area contributed by atoms with Gasteiger partial charge in [0.1, 0.15) is 0 Å². The number of rotatable bonds is 2. The summed E-state index contributed by atoms with van der Waals surface area (Å²) in [5, 5.41) is 3.53. The summed E-state index contributed by atoms with van der Waals surface area (Å²) in [6, 6.07) is 8.02. The first-order valence-electron chi connectivity index (χ1n) is 7.64. The lowest BCUT2D eigenvalue weighted by atomic mass is 9.92. The number of hydrogen-bond acceptors (Lipinski definition) is 3. The maximum atomic E-state index is 5.74. The predicted octanol–water partition coefficient (Wildman–Crippen LogP) is 5.22. The Morgan fingerprint density at radius 1 is 0.950 bits per heavy atom. The van der Waals surface area contributed by atoms with E-state index in [0.717, 1.165) is 11.4 Å². The molecule has 106 valence electrons. The van der Waals surface area contributed by atoms with Crippen molar-refractivity contribution in [3.8, 4) is 11.3 Å². The van der Waals surface area contributed by atoms with Crippen LogP contribution in [0.1, 0.15) is 55.9 Å². The van der Waals surface area contributed by atoms with Crippen molar-refractivity contribution >= 4 is 17.0 Å². The van der Waals surface area contributed by atoms with Gasteiger partial charge in [0.2, 0.25) is 0 Å². The molecule has 3 heteroatoms. The predicted molar refractivity (Wildman–Crippen MR) is 87.0 cm³/mol. The number of aromatic nitrogens is 1. The van der Waals surface area contributed by atoms with E-state index in [4.69, 9.17) is 10.7 Å². The van der Waals surface area contributed by atoms with Crippen LogP contribution in [0.15, 0.2) is 29.6 Å². The van der Waals surface area contributed by atoms with Gasteiger partial charge in [-0.15, -0.1) is 11.3 Å². The Morgan fingerprint density at radius 2 is 1.60 bits per heavy atom. The maximum Gasteiger partial charge on any atom is 0.0963 e. The molecule has 2 N–H and O–H groups in total. The fourth-order valence-electron chi connectivity index (χ4n) is 2.96. The van der Waals surface area contributed by atoms with Gasteiger partial charge in [0.25, 0.3) is 0 Å². The molecule has 0 aliphatic heterocycles. The summed E-state index contributed by atoms with van der Waals surface area (Å²) < 4.78 is 0. The minimum atomic E-state index is 0.683. The summed E-state index contributed by atoms with van der Waals surface area (Å²) in [4.78, 5) is 4.88. The van der Waals surface area contributed by atoms with E-state index in [1.165, 1.54) is 55.5 Å². The average molecular weight is 286 g/mol. The molecule has 1 aliphatic rings. The first-order chi connectivity index (χ1) is 9.83. The van der Waals surface area contributed by atoms with Crippen LogP contribution >= 0.6 is 11.3 Å². The number of nitrogens with two attached hydrogens (primary N) is 1. The molecule has 2 aromatic rings. The van der Waals surface area contributed by atoms with Crippen LogP contribution in [0.2, 0.25) is 0 Å². The van der Waals surface area contributed by atoms with E-state index in [2.05, 4.69) is 17.5 Å². The third-order valence-corrected chi connectivity index (χ3v) is 5.19. The molecule has 0 bridgehead atoms. The van der Waals surface area contributed by atoms with Crippen LogP contribution in [-0.2, 0) is 0 Å². The first kappa shape index (κ1) is 13.6. The Bertz CT molecular complexity index is 536. The van der Waals surface area contributed by atoms with Gasteiger partial charge < -0.3 is 5.73 Å². The molecule has 0 amide bonds. The summed E-state index contributed by atoms with van der Waals surface area (Å²) in [7, 11) is 0. The third kappa shape index (κ3) is 3.21. The van der Waals surface area contributed by atoms with Gasteiger partial charge in [-0.25, -0.2) is 4.98 Å². The Labute approximate surface area is 125 Å². The van der Waals surface area contributed by atoms with Crippen molar-refractivity contribution in [2.75, 3.05) is 5.73 Å². The first-order valence-corrected chi connectivity index (χ1v) is 8.52. The normalized spacial score (nSPS) is 17.6. The van der Waals surface area contributed by atoms with E-state index in [1.54, 1.807) is 0 Å². The molecule has 1 saturated carbocycles. The minimum absolute atomic E-state index is 0.683. The van der Waals surface area contributed by atoms with Crippen LogP contribution in [0.3, 0.4) is 0 Å². The quantitative estimate of drug-likeness (QED) is 0.769. The molecule has 0 atom stereocenters. The van der Waals surface area contributed by atoms with Crippen LogP contribution in [0.25, 0.3) is 11.3 Å². The van der Waals surface area contributed by atoms with E-state index < -0.39 is 0 Å². The molecule has 2 nitrogen and oxygen atoms in total. The van der Waals surface area contributed by atoms with Crippen molar-refractivity contribution in [3.63, 3.8) is 0 Å². The van der Waals surface area contributed by atoms with Gasteiger partial charge in [0.05, 0.1) is 10.7 Å². The van der Waals surface area contributed by atoms with Gasteiger partial charge in [-0.1, -0.05) is 44.2 Å². The molecular weight excluding hydrogens is 264 g/mol. The molecule has 1 aliphatic carbocycles. The lowest BCUT2D eigenvalue weighted by molar-refractivity contribution is 0.454. The highest BCUT2D eigenvalue weighted by Crippen LogP contribution is 2.34. The van der Waals surface area contributed by atoms with Crippen molar-refractivity contribution in [3.05, 3.63) is 34.7 Å². The Hall–Kier alpha value is -1.35. The molecule has 3 rings (SSSR count). The number of thiazole rings is 1. The van der Waals surface area contributed by atoms with Gasteiger partial charge in [0.15, 0.2) is 0 Å². The Morgan fingerprint density at radius 3 is 2.30 bits per heavy atom. The van der Waals surface area contributed by atoms with E-state index in [9.17, 15) is 0 Å². The van der Waals surface area contributed by atoms with Gasteiger partial charge in [-0.05, 0) is 25.0 Å². The third-order valence-electron chi connectivity index (χ3n) is 4.18. The molecule has 1 fully saturated rings. The number of benzene rings is 1. The van der Waals surface area contributed by atoms with Crippen molar-refractivity contribution in [2.24, 2.45) is 0 Å². The van der Waals surface area contributed by atoms with Crippen LogP contribution < -0.4 is 5.73 Å². The topological polar surface area (TPSA) is 38.9 Å². The van der Waals surface area contributed by atoms with Gasteiger partial charge in [-0.2, -0.15) is 0 Å². The van der Waals surface area contributed by atoms with Crippen molar-refractivity contribution in [1.82, 2.24) is 4.98 Å². The summed E-state index contributed by atoms with van der Waals surface area (Å²) in [6.07, 6.45) is 9.56. The maximum absolute atomic E-state index is 5.74. The number of nitrogens with zero attached hydrogens (tertiary/aromatic N) is 1. The van der Waals surface area contributed by atoms with Crippen LogP contribution in [-0.4, -0.2) is 4.98 Å². The van der Waals surface area contributed by atoms with E-state index in [0.29, 0.717) is 5.92 Å². The van der Waals surface area contributed by atoms with Gasteiger partial charge >= 0.3 is 0 Å². The molecule has 1 aromatic carbocycles. The molecule has 20 heavy (non-hydrogen) atoms. The molecule has 1 aromatic heterocycles. The lowest BCUT2D eigenvalue weighted by Crippen LogP contribution is -2.01. The molecule has 0 radical (unpaired) electrons. The Balaban J connectivity index is 1.76. The molecular formula is C17H22N2S. The second kappa shape index (κ2) is 6.40. The number of hydrogen-bond donors (Lipinski definition) is 1. The minimum Gasteiger partial charge on any atom is -0.399 e. The van der Waals surface area contributed by atoms with Crippen LogP contribution in [0.4, 0.5) is 5.69 Å². The highest BCUT2D eigenvalue weighted by Gasteiger charge is 2.17. The van der Waals surface area contributed by atoms with E-state index >= 15 is 0 Å². The second-order valence-electron chi connectivity index (χ2n) is 5.74. The molecule has 0 unspecified atom stereocenters. The summed E-state index contributed by atoms with van der Waals surface area (Å²) >= 11 is 1.83. The second-order valence-corrected chi connectivity index (χ2v) is 6.62. The summed E-state index contributed by atoms with van der Waals surface area (Å²) in [5.41, 5.74) is 8.83. The van der Waals surface area contributed by atoms with Crippen LogP contribution in [0, 0.1) is 0 Å². The Kier molecular flexibility index (Phi) is 4.36. The molecule has 0 saturated heterocycles. The monoisotopic (exact) mass is 286 g/mol. The number of anilines is 1. The molecule has 1 heterocycles. The van der Waals surface area contributed by atoms with Crippen molar-refractivity contribution in [2.45, 2.75) is 50.9 Å².